The molecule has 20 heavy (non-hydrogen) atoms. The summed E-state index contributed by atoms with van der Waals surface area (Å²) in [6.45, 7) is 4.57. The maximum absolute atomic E-state index is 6.22. The van der Waals surface area contributed by atoms with Crippen LogP contribution in [0.4, 0.5) is 0 Å². The summed E-state index contributed by atoms with van der Waals surface area (Å²) in [5.74, 6) is 1.22. The summed E-state index contributed by atoms with van der Waals surface area (Å²) < 4.78 is 5.58. The fraction of sp³-hybridized carbons (Fsp3) is 0.333. The molecule has 0 aliphatic carbocycles. The lowest BCUT2D eigenvalue weighted by molar-refractivity contribution is 0.341. The molecule has 0 aliphatic rings. The van der Waals surface area contributed by atoms with Crippen molar-refractivity contribution >= 4 is 23.2 Å². The Bertz CT molecular complexity index is 579. The van der Waals surface area contributed by atoms with Gasteiger partial charge in [-0.25, -0.2) is 9.97 Å². The minimum atomic E-state index is 0.410. The minimum Gasteiger partial charge on any atom is -0.493 e. The van der Waals surface area contributed by atoms with Crippen molar-refractivity contribution < 1.29 is 4.74 Å². The molecule has 3 nitrogen and oxygen atoms in total. The van der Waals surface area contributed by atoms with Crippen LogP contribution in [0.1, 0.15) is 25.8 Å². The first kappa shape index (κ1) is 15.1. The van der Waals surface area contributed by atoms with Gasteiger partial charge in [0.1, 0.15) is 16.1 Å². The first-order valence-electron chi connectivity index (χ1n) is 6.61. The second-order valence-electron chi connectivity index (χ2n) is 4.29. The summed E-state index contributed by atoms with van der Waals surface area (Å²) in [7, 11) is 0. The molecule has 0 fully saturated rings. The summed E-state index contributed by atoms with van der Waals surface area (Å²) >= 11 is 12.4. The van der Waals surface area contributed by atoms with Crippen molar-refractivity contribution in [1.82, 2.24) is 9.97 Å². The van der Waals surface area contributed by atoms with E-state index in [1.54, 1.807) is 0 Å². The van der Waals surface area contributed by atoms with Crippen LogP contribution in [0.2, 0.25) is 10.3 Å². The molecule has 106 valence electrons. The van der Waals surface area contributed by atoms with Gasteiger partial charge in [0.2, 0.25) is 0 Å². The maximum Gasteiger partial charge on any atom is 0.166 e. The highest BCUT2D eigenvalue weighted by Gasteiger charge is 2.14. The van der Waals surface area contributed by atoms with Crippen molar-refractivity contribution in [2.45, 2.75) is 26.7 Å². The Balaban J connectivity index is 2.49. The molecule has 0 saturated heterocycles. The Morgan fingerprint density at radius 3 is 2.30 bits per heavy atom. The SMILES string of the molecule is CCCc1c(Cl)nc(-c2ccccc2OCC)nc1Cl. The molecule has 1 aromatic carbocycles. The molecular formula is C15H16Cl2N2O. The van der Waals surface area contributed by atoms with Gasteiger partial charge in [0.05, 0.1) is 12.2 Å². The number of para-hydroxylation sites is 1. The number of rotatable bonds is 5. The van der Waals surface area contributed by atoms with Gasteiger partial charge in [-0.1, -0.05) is 48.7 Å². The van der Waals surface area contributed by atoms with Gasteiger partial charge >= 0.3 is 0 Å². The average Bonchev–Trinajstić information content (AvgIpc) is 2.43. The highest BCUT2D eigenvalue weighted by molar-refractivity contribution is 6.34. The molecule has 2 rings (SSSR count). The Morgan fingerprint density at radius 2 is 1.70 bits per heavy atom. The summed E-state index contributed by atoms with van der Waals surface area (Å²) in [6.07, 6.45) is 1.71. The van der Waals surface area contributed by atoms with E-state index in [0.29, 0.717) is 22.7 Å². The zero-order valence-corrected chi connectivity index (χ0v) is 13.0. The van der Waals surface area contributed by atoms with Crippen molar-refractivity contribution in [3.05, 3.63) is 40.1 Å². The van der Waals surface area contributed by atoms with Gasteiger partial charge in [0.25, 0.3) is 0 Å². The largest absolute Gasteiger partial charge is 0.493 e. The number of ether oxygens (including phenoxy) is 1. The third-order valence-corrected chi connectivity index (χ3v) is 3.46. The predicted octanol–water partition coefficient (Wildman–Crippen LogP) is 4.80. The van der Waals surface area contributed by atoms with Gasteiger partial charge < -0.3 is 4.74 Å². The molecule has 0 amide bonds. The number of halogens is 2. The van der Waals surface area contributed by atoms with Crippen molar-refractivity contribution in [2.24, 2.45) is 0 Å². The van der Waals surface area contributed by atoms with Crippen LogP contribution in [0, 0.1) is 0 Å². The highest BCUT2D eigenvalue weighted by atomic mass is 35.5. The van der Waals surface area contributed by atoms with Crippen molar-refractivity contribution in [1.29, 1.82) is 0 Å². The van der Waals surface area contributed by atoms with E-state index >= 15 is 0 Å². The Morgan fingerprint density at radius 1 is 1.05 bits per heavy atom. The third-order valence-electron chi connectivity index (χ3n) is 2.83. The lowest BCUT2D eigenvalue weighted by Crippen LogP contribution is -2.00. The van der Waals surface area contributed by atoms with Gasteiger partial charge in [-0.2, -0.15) is 0 Å². The van der Waals surface area contributed by atoms with Gasteiger partial charge in [0, 0.05) is 5.56 Å². The molecule has 1 aromatic heterocycles. The lowest BCUT2D eigenvalue weighted by Gasteiger charge is -2.11. The predicted molar refractivity (Wildman–Crippen MR) is 82.7 cm³/mol. The van der Waals surface area contributed by atoms with E-state index in [-0.39, 0.29) is 0 Å². The summed E-state index contributed by atoms with van der Waals surface area (Å²) in [5.41, 5.74) is 1.59. The van der Waals surface area contributed by atoms with Crippen molar-refractivity contribution in [3.8, 4) is 17.1 Å². The first-order chi connectivity index (χ1) is 9.67. The van der Waals surface area contributed by atoms with Gasteiger partial charge in [0.15, 0.2) is 5.82 Å². The van der Waals surface area contributed by atoms with E-state index in [1.807, 2.05) is 31.2 Å². The van der Waals surface area contributed by atoms with Crippen LogP contribution in [0.25, 0.3) is 11.4 Å². The number of benzene rings is 1. The van der Waals surface area contributed by atoms with E-state index in [0.717, 1.165) is 29.7 Å². The highest BCUT2D eigenvalue weighted by Crippen LogP contribution is 2.31. The van der Waals surface area contributed by atoms with E-state index in [4.69, 9.17) is 27.9 Å². The molecule has 0 N–H and O–H groups in total. The van der Waals surface area contributed by atoms with Crippen LogP contribution in [-0.2, 0) is 6.42 Å². The summed E-state index contributed by atoms with van der Waals surface area (Å²) in [5, 5.41) is 0.821. The Hall–Kier alpha value is -1.32. The van der Waals surface area contributed by atoms with Gasteiger partial charge in [-0.15, -0.1) is 0 Å². The number of aromatic nitrogens is 2. The van der Waals surface area contributed by atoms with Crippen LogP contribution in [-0.4, -0.2) is 16.6 Å². The van der Waals surface area contributed by atoms with E-state index in [1.165, 1.54) is 0 Å². The zero-order chi connectivity index (χ0) is 14.5. The van der Waals surface area contributed by atoms with E-state index in [2.05, 4.69) is 16.9 Å². The fourth-order valence-electron chi connectivity index (χ4n) is 1.94. The molecule has 0 aliphatic heterocycles. The molecule has 0 saturated carbocycles. The summed E-state index contributed by atoms with van der Waals surface area (Å²) in [6, 6.07) is 7.59. The number of hydrogen-bond acceptors (Lipinski definition) is 3. The Kier molecular flexibility index (Phi) is 5.21. The van der Waals surface area contributed by atoms with E-state index < -0.39 is 0 Å². The topological polar surface area (TPSA) is 35.0 Å². The molecule has 0 atom stereocenters. The molecule has 5 heteroatoms. The molecule has 2 aromatic rings. The van der Waals surface area contributed by atoms with Crippen LogP contribution in [0.15, 0.2) is 24.3 Å². The third kappa shape index (κ3) is 3.22. The van der Waals surface area contributed by atoms with Crippen molar-refractivity contribution in [2.75, 3.05) is 6.61 Å². The monoisotopic (exact) mass is 310 g/mol. The second kappa shape index (κ2) is 6.91. The van der Waals surface area contributed by atoms with Crippen LogP contribution in [0.3, 0.4) is 0 Å². The van der Waals surface area contributed by atoms with Crippen LogP contribution in [0.5, 0.6) is 5.75 Å². The number of hydrogen-bond donors (Lipinski definition) is 0. The maximum atomic E-state index is 6.22. The lowest BCUT2D eigenvalue weighted by atomic mass is 10.1. The van der Waals surface area contributed by atoms with Gasteiger partial charge in [-0.05, 0) is 25.5 Å². The van der Waals surface area contributed by atoms with E-state index in [9.17, 15) is 0 Å². The molecular weight excluding hydrogens is 295 g/mol. The van der Waals surface area contributed by atoms with Gasteiger partial charge in [-0.3, -0.25) is 0 Å². The first-order valence-corrected chi connectivity index (χ1v) is 7.37. The average molecular weight is 311 g/mol. The molecule has 0 radical (unpaired) electrons. The molecule has 0 bridgehead atoms. The second-order valence-corrected chi connectivity index (χ2v) is 5.00. The van der Waals surface area contributed by atoms with Crippen LogP contribution < -0.4 is 4.74 Å². The normalized spacial score (nSPS) is 10.6. The fourth-order valence-corrected chi connectivity index (χ4v) is 2.52. The zero-order valence-electron chi connectivity index (χ0n) is 11.5. The molecule has 0 spiro atoms. The summed E-state index contributed by atoms with van der Waals surface area (Å²) in [4.78, 5) is 8.71. The Labute approximate surface area is 128 Å². The standard InChI is InChI=1S/C15H16Cl2N2O/c1-3-7-11-13(16)18-15(19-14(11)17)10-8-5-6-9-12(10)20-4-2/h5-6,8-9H,3-4,7H2,1-2H3. The van der Waals surface area contributed by atoms with Crippen LogP contribution >= 0.6 is 23.2 Å². The minimum absolute atomic E-state index is 0.410. The quantitative estimate of drug-likeness (QED) is 0.744. The molecule has 0 unspecified atom stereocenters. The molecule has 1 heterocycles. The van der Waals surface area contributed by atoms with Crippen molar-refractivity contribution in [3.63, 3.8) is 0 Å². The number of nitrogens with zero attached hydrogens (tertiary/aromatic N) is 2. The smallest absolute Gasteiger partial charge is 0.166 e.